The molecule has 0 spiro atoms. The Balaban J connectivity index is 1.46. The molecule has 2 aromatic carbocycles. The van der Waals surface area contributed by atoms with Crippen LogP contribution in [0.4, 0.5) is 15.8 Å². The van der Waals surface area contributed by atoms with Gasteiger partial charge in [0.05, 0.1) is 41.7 Å². The van der Waals surface area contributed by atoms with Crippen LogP contribution in [0.25, 0.3) is 22.3 Å². The molecule has 4 aromatic rings. The Hall–Kier alpha value is -4.42. The van der Waals surface area contributed by atoms with Gasteiger partial charge >= 0.3 is 5.97 Å². The fraction of sp³-hybridized carbons (Fsp3) is 0.367. The number of rotatable bonds is 6. The summed E-state index contributed by atoms with van der Waals surface area (Å²) in [5, 5.41) is 27.2. The molecule has 2 aromatic heterocycles. The minimum Gasteiger partial charge on any atom is -0.458 e. The number of carbonyl (C=O) groups excluding carboxylic acids is 1. The number of hydrogen-bond acceptors (Lipinski definition) is 10. The van der Waals surface area contributed by atoms with Crippen LogP contribution in [0.1, 0.15) is 59.2 Å². The molecule has 0 radical (unpaired) electrons. The maximum Gasteiger partial charge on any atom is 0.343 e. The lowest BCUT2D eigenvalue weighted by Crippen LogP contribution is -2.44. The number of carbonyl (C=O) groups is 1. The predicted molar refractivity (Wildman–Crippen MR) is 151 cm³/mol. The average Bonchev–Trinajstić information content (AvgIpc) is 3.36. The van der Waals surface area contributed by atoms with Gasteiger partial charge < -0.3 is 30.2 Å². The lowest BCUT2D eigenvalue weighted by molar-refractivity contribution is -0.172. The third-order valence-electron chi connectivity index (χ3n) is 9.02. The zero-order valence-electron chi connectivity index (χ0n) is 22.9. The van der Waals surface area contributed by atoms with Crippen molar-refractivity contribution in [3.63, 3.8) is 0 Å². The Morgan fingerprint density at radius 3 is 2.64 bits per heavy atom. The first kappa shape index (κ1) is 26.5. The molecule has 42 heavy (non-hydrogen) atoms. The zero-order chi connectivity index (χ0) is 29.7. The number of pyridine rings is 2. The van der Waals surface area contributed by atoms with Gasteiger partial charge in [0.1, 0.15) is 23.8 Å². The fourth-order valence-electron chi connectivity index (χ4n) is 6.75. The average molecular weight is 575 g/mol. The number of aryl methyl sites for hydroxylation is 1. The van der Waals surface area contributed by atoms with E-state index in [1.54, 1.807) is 19.9 Å². The molecule has 3 aliphatic rings. The topological polar surface area (TPSA) is 160 Å². The van der Waals surface area contributed by atoms with Crippen LogP contribution in [0, 0.1) is 12.7 Å². The van der Waals surface area contributed by atoms with E-state index in [4.69, 9.17) is 9.72 Å². The summed E-state index contributed by atoms with van der Waals surface area (Å²) < 4.78 is 21.8. The van der Waals surface area contributed by atoms with Crippen LogP contribution >= 0.6 is 0 Å². The van der Waals surface area contributed by atoms with Gasteiger partial charge in [-0.15, -0.1) is 0 Å². The normalized spacial score (nSPS) is 20.3. The summed E-state index contributed by atoms with van der Waals surface area (Å²) in [5.74, 6) is -1.24. The van der Waals surface area contributed by atoms with Gasteiger partial charge in [0.25, 0.3) is 16.4 Å². The molecule has 2 atom stereocenters. The molecule has 0 saturated carbocycles. The molecule has 7 rings (SSSR count). The summed E-state index contributed by atoms with van der Waals surface area (Å²) in [6.45, 7) is 3.07. The molecule has 0 unspecified atom stereocenters. The molecule has 4 heterocycles. The van der Waals surface area contributed by atoms with Gasteiger partial charge in [-0.2, -0.15) is 0 Å². The predicted octanol–water partition coefficient (Wildman–Crippen LogP) is 1.63. The van der Waals surface area contributed by atoms with Gasteiger partial charge in [-0.25, -0.2) is 14.2 Å². The van der Waals surface area contributed by atoms with Crippen molar-refractivity contribution < 1.29 is 24.1 Å². The van der Waals surface area contributed by atoms with Crippen LogP contribution in [0.15, 0.2) is 26.5 Å². The SMILES string of the molecule is CC[C@@]1(O)C(=O)OCc2c1cc1n(c2=O)Cc2c-1nc1cc(F)c(C)c3c1c2[C@@H](Nc1c(NCCO)c(=O)c1=O)CC3. The van der Waals surface area contributed by atoms with Gasteiger partial charge in [0.15, 0.2) is 5.60 Å². The van der Waals surface area contributed by atoms with Crippen molar-refractivity contribution in [2.45, 2.75) is 57.9 Å². The smallest absolute Gasteiger partial charge is 0.343 e. The Morgan fingerprint density at radius 2 is 1.90 bits per heavy atom. The summed E-state index contributed by atoms with van der Waals surface area (Å²) in [5.41, 5.74) is 0.750. The number of aromatic nitrogens is 2. The second-order valence-electron chi connectivity index (χ2n) is 11.1. The first-order chi connectivity index (χ1) is 20.1. The standard InChI is InChI=1S/C30H27FN4O7/c1-3-30(41)16-8-20-23-14(10-35(20)28(39)15(16)11-42-29(30)40)22-18(33-25-24(32-6-7-36)26(37)27(25)38)5-4-13-12(2)17(31)9-19(34-23)21(13)22/h8-9,18,32-33,36,41H,3-7,10-11H2,1-2H3/t18-,30-/m0/s1. The first-order valence-corrected chi connectivity index (χ1v) is 13.9. The van der Waals surface area contributed by atoms with E-state index in [2.05, 4.69) is 10.6 Å². The Labute approximate surface area is 237 Å². The summed E-state index contributed by atoms with van der Waals surface area (Å²) in [6, 6.07) is 2.48. The van der Waals surface area contributed by atoms with Crippen LogP contribution in [0.3, 0.4) is 0 Å². The van der Waals surface area contributed by atoms with Gasteiger partial charge in [0.2, 0.25) is 0 Å². The van der Waals surface area contributed by atoms with Crippen LogP contribution in [0.5, 0.6) is 0 Å². The second-order valence-corrected chi connectivity index (χ2v) is 11.1. The van der Waals surface area contributed by atoms with Gasteiger partial charge in [-0.05, 0) is 48.9 Å². The molecule has 0 saturated heterocycles. The number of benzene rings is 1. The number of nitrogens with one attached hydrogen (secondary N) is 2. The van der Waals surface area contributed by atoms with Crippen molar-refractivity contribution >= 4 is 28.2 Å². The zero-order valence-corrected chi connectivity index (χ0v) is 22.9. The molecule has 0 amide bonds. The third-order valence-corrected chi connectivity index (χ3v) is 9.02. The summed E-state index contributed by atoms with van der Waals surface area (Å²) in [4.78, 5) is 55.9. The van der Waals surface area contributed by atoms with Gasteiger partial charge in [-0.3, -0.25) is 14.4 Å². The Bertz CT molecular complexity index is 2010. The van der Waals surface area contributed by atoms with Crippen LogP contribution in [0.2, 0.25) is 0 Å². The van der Waals surface area contributed by atoms with E-state index in [0.717, 1.165) is 16.5 Å². The van der Waals surface area contributed by atoms with E-state index in [-0.39, 0.29) is 55.2 Å². The largest absolute Gasteiger partial charge is 0.458 e. The highest BCUT2D eigenvalue weighted by atomic mass is 19.1. The molecular weight excluding hydrogens is 547 g/mol. The van der Waals surface area contributed by atoms with Crippen LogP contribution in [-0.2, 0) is 34.7 Å². The van der Waals surface area contributed by atoms with E-state index in [1.165, 1.54) is 10.6 Å². The molecule has 1 aliphatic carbocycles. The van der Waals surface area contributed by atoms with Crippen molar-refractivity contribution in [1.82, 2.24) is 9.55 Å². The van der Waals surface area contributed by atoms with Crippen LogP contribution in [-0.4, -0.2) is 38.9 Å². The number of aliphatic hydroxyl groups is 2. The van der Waals surface area contributed by atoms with E-state index in [1.807, 2.05) is 0 Å². The van der Waals surface area contributed by atoms with Crippen molar-refractivity contribution in [2.24, 2.45) is 0 Å². The highest BCUT2D eigenvalue weighted by Gasteiger charge is 2.46. The maximum atomic E-state index is 15.1. The van der Waals surface area contributed by atoms with E-state index < -0.39 is 39.8 Å². The molecule has 11 nitrogen and oxygen atoms in total. The maximum absolute atomic E-state index is 15.1. The van der Waals surface area contributed by atoms with Crippen molar-refractivity contribution in [1.29, 1.82) is 0 Å². The summed E-state index contributed by atoms with van der Waals surface area (Å²) >= 11 is 0. The van der Waals surface area contributed by atoms with Crippen LogP contribution < -0.4 is 27.1 Å². The number of fused-ring (bicyclic) bond motifs is 5. The fourth-order valence-corrected chi connectivity index (χ4v) is 6.75. The molecule has 12 heteroatoms. The highest BCUT2D eigenvalue weighted by Crippen LogP contribution is 2.46. The number of halogens is 1. The van der Waals surface area contributed by atoms with Gasteiger partial charge in [0, 0.05) is 29.1 Å². The molecular formula is C30H27FN4O7. The first-order valence-electron chi connectivity index (χ1n) is 13.9. The summed E-state index contributed by atoms with van der Waals surface area (Å²) in [6.07, 6.45) is 0.963. The number of ether oxygens (including phenoxy) is 1. The summed E-state index contributed by atoms with van der Waals surface area (Å²) in [7, 11) is 0. The molecule has 0 bridgehead atoms. The third kappa shape index (κ3) is 3.36. The highest BCUT2D eigenvalue weighted by molar-refractivity contribution is 5.94. The number of nitrogens with zero attached hydrogens (tertiary/aromatic N) is 2. The van der Waals surface area contributed by atoms with E-state index in [0.29, 0.717) is 40.9 Å². The number of anilines is 2. The minimum absolute atomic E-state index is 0.000659. The second kappa shape index (κ2) is 9.04. The number of esters is 1. The minimum atomic E-state index is -1.99. The number of aliphatic hydroxyl groups excluding tert-OH is 1. The number of hydrogen-bond donors (Lipinski definition) is 4. The van der Waals surface area contributed by atoms with Crippen molar-refractivity contribution in [3.05, 3.63) is 82.1 Å². The quantitative estimate of drug-likeness (QED) is 0.173. The Morgan fingerprint density at radius 1 is 1.14 bits per heavy atom. The van der Waals surface area contributed by atoms with Crippen molar-refractivity contribution in [2.75, 3.05) is 23.8 Å². The van der Waals surface area contributed by atoms with Crippen molar-refractivity contribution in [3.8, 4) is 11.4 Å². The lowest BCUT2D eigenvalue weighted by atomic mass is 9.81. The van der Waals surface area contributed by atoms with E-state index in [9.17, 15) is 29.4 Å². The molecule has 2 aliphatic heterocycles. The monoisotopic (exact) mass is 574 g/mol. The van der Waals surface area contributed by atoms with E-state index >= 15 is 4.39 Å². The molecule has 0 fully saturated rings. The Kier molecular flexibility index (Phi) is 5.70. The molecule has 216 valence electrons. The lowest BCUT2D eigenvalue weighted by Gasteiger charge is -2.31. The van der Waals surface area contributed by atoms with Gasteiger partial charge in [-0.1, -0.05) is 6.92 Å². The molecule has 4 N–H and O–H groups in total. The number of cyclic esters (lactones) is 1.